The van der Waals surface area contributed by atoms with Crippen LogP contribution in [0.4, 0.5) is 8.78 Å². The van der Waals surface area contributed by atoms with Crippen molar-refractivity contribution >= 4 is 11.9 Å². The Morgan fingerprint density at radius 1 is 1.30 bits per heavy atom. The van der Waals surface area contributed by atoms with E-state index < -0.39 is 41.0 Å². The van der Waals surface area contributed by atoms with Crippen molar-refractivity contribution in [2.75, 3.05) is 20.3 Å². The highest BCUT2D eigenvalue weighted by Gasteiger charge is 2.39. The van der Waals surface area contributed by atoms with Crippen molar-refractivity contribution in [3.63, 3.8) is 0 Å². The second-order valence-corrected chi connectivity index (χ2v) is 4.56. The molecule has 2 atom stereocenters. The van der Waals surface area contributed by atoms with Crippen LogP contribution in [-0.2, 0) is 9.53 Å². The van der Waals surface area contributed by atoms with E-state index in [0.717, 1.165) is 23.1 Å². The number of carbonyl (C=O) groups excluding carboxylic acids is 1. The molecule has 0 bridgehead atoms. The van der Waals surface area contributed by atoms with E-state index >= 15 is 0 Å². The van der Waals surface area contributed by atoms with Crippen LogP contribution in [0.1, 0.15) is 10.4 Å². The lowest BCUT2D eigenvalue weighted by Crippen LogP contribution is -2.44. The lowest BCUT2D eigenvalue weighted by molar-refractivity contribution is -0.142. The molecule has 0 aliphatic carbocycles. The largest absolute Gasteiger partial charge is 0.481 e. The molecule has 1 aromatic carbocycles. The first-order valence-electron chi connectivity index (χ1n) is 5.95. The van der Waals surface area contributed by atoms with Crippen molar-refractivity contribution in [2.45, 2.75) is 6.04 Å². The summed E-state index contributed by atoms with van der Waals surface area (Å²) in [6, 6.07) is 2.35. The molecule has 7 heteroatoms. The molecular formula is C13H13F2NO4. The number of rotatable bonds is 3. The van der Waals surface area contributed by atoms with Crippen LogP contribution in [-0.4, -0.2) is 48.2 Å². The van der Waals surface area contributed by atoms with Gasteiger partial charge in [0.2, 0.25) is 0 Å². The molecule has 0 aromatic heterocycles. The molecule has 0 radical (unpaired) electrons. The maximum absolute atomic E-state index is 13.6. The molecule has 1 aliphatic rings. The van der Waals surface area contributed by atoms with Crippen LogP contribution in [0.3, 0.4) is 0 Å². The molecule has 1 amide bonds. The zero-order valence-electron chi connectivity index (χ0n) is 10.7. The molecule has 0 spiro atoms. The summed E-state index contributed by atoms with van der Waals surface area (Å²) in [6.07, 6.45) is 0. The third kappa shape index (κ3) is 2.49. The third-order valence-electron chi connectivity index (χ3n) is 3.36. The minimum Gasteiger partial charge on any atom is -0.481 e. The van der Waals surface area contributed by atoms with Crippen molar-refractivity contribution in [1.29, 1.82) is 0 Å². The normalized spacial score (nSPS) is 21.8. The van der Waals surface area contributed by atoms with Gasteiger partial charge in [0.1, 0.15) is 23.1 Å². The summed E-state index contributed by atoms with van der Waals surface area (Å²) in [5.41, 5.74) is -0.689. The van der Waals surface area contributed by atoms with E-state index in [9.17, 15) is 18.4 Å². The first-order valence-corrected chi connectivity index (χ1v) is 5.95. The third-order valence-corrected chi connectivity index (χ3v) is 3.36. The number of carboxylic acids is 1. The average Bonchev–Trinajstić information content (AvgIpc) is 2.86. The van der Waals surface area contributed by atoms with Crippen LogP contribution in [0, 0.1) is 17.6 Å². The van der Waals surface area contributed by atoms with Crippen LogP contribution in [0.2, 0.25) is 0 Å². The van der Waals surface area contributed by atoms with E-state index in [4.69, 9.17) is 9.84 Å². The van der Waals surface area contributed by atoms with Gasteiger partial charge in [-0.25, -0.2) is 8.78 Å². The number of benzene rings is 1. The van der Waals surface area contributed by atoms with E-state index in [0.29, 0.717) is 0 Å². The number of hydrogen-bond donors (Lipinski definition) is 1. The number of ether oxygens (including phenoxy) is 1. The van der Waals surface area contributed by atoms with E-state index in [1.165, 1.54) is 7.05 Å². The number of carbonyl (C=O) groups is 2. The van der Waals surface area contributed by atoms with Crippen molar-refractivity contribution in [2.24, 2.45) is 5.92 Å². The Bertz CT molecular complexity index is 529. The van der Waals surface area contributed by atoms with E-state index in [-0.39, 0.29) is 13.2 Å². The number of halogens is 2. The number of hydrogen-bond acceptors (Lipinski definition) is 3. The molecule has 2 unspecified atom stereocenters. The Balaban J connectivity index is 2.27. The fraction of sp³-hybridized carbons (Fsp3) is 0.385. The highest BCUT2D eigenvalue weighted by atomic mass is 19.1. The summed E-state index contributed by atoms with van der Waals surface area (Å²) in [4.78, 5) is 24.2. The highest BCUT2D eigenvalue weighted by Crippen LogP contribution is 2.22. The topological polar surface area (TPSA) is 66.8 Å². The molecule has 20 heavy (non-hydrogen) atoms. The van der Waals surface area contributed by atoms with Gasteiger partial charge in [-0.2, -0.15) is 0 Å². The minimum atomic E-state index is -1.11. The molecule has 0 saturated carbocycles. The molecular weight excluding hydrogens is 272 g/mol. The monoisotopic (exact) mass is 285 g/mol. The van der Waals surface area contributed by atoms with Gasteiger partial charge >= 0.3 is 5.97 Å². The average molecular weight is 285 g/mol. The maximum Gasteiger partial charge on any atom is 0.311 e. The van der Waals surface area contributed by atoms with E-state index in [2.05, 4.69) is 0 Å². The smallest absolute Gasteiger partial charge is 0.311 e. The summed E-state index contributed by atoms with van der Waals surface area (Å²) in [6.45, 7) is -0.00729. The highest BCUT2D eigenvalue weighted by molar-refractivity contribution is 5.95. The Morgan fingerprint density at radius 2 is 1.90 bits per heavy atom. The van der Waals surface area contributed by atoms with E-state index in [1.807, 2.05) is 0 Å². The van der Waals surface area contributed by atoms with Gasteiger partial charge in [-0.3, -0.25) is 9.59 Å². The fourth-order valence-corrected chi connectivity index (χ4v) is 2.19. The van der Waals surface area contributed by atoms with Crippen molar-refractivity contribution in [3.05, 3.63) is 35.4 Å². The van der Waals surface area contributed by atoms with Crippen LogP contribution < -0.4 is 0 Å². The molecule has 1 aromatic rings. The number of likely N-dealkylation sites (N-methyl/N-ethyl adjacent to an activating group) is 1. The summed E-state index contributed by atoms with van der Waals surface area (Å²) in [5, 5.41) is 9.03. The molecule has 108 valence electrons. The molecule has 1 saturated heterocycles. The summed E-state index contributed by atoms with van der Waals surface area (Å²) < 4.78 is 32.2. The zero-order chi connectivity index (χ0) is 14.9. The van der Waals surface area contributed by atoms with Gasteiger partial charge in [0.25, 0.3) is 5.91 Å². The quantitative estimate of drug-likeness (QED) is 0.904. The molecule has 1 aliphatic heterocycles. The van der Waals surface area contributed by atoms with E-state index in [1.54, 1.807) is 0 Å². The predicted octanol–water partition coefficient (Wildman–Crippen LogP) is 1.14. The second kappa shape index (κ2) is 5.54. The number of nitrogens with zero attached hydrogens (tertiary/aromatic N) is 1. The van der Waals surface area contributed by atoms with Crippen molar-refractivity contribution in [3.8, 4) is 0 Å². The predicted molar refractivity (Wildman–Crippen MR) is 64.2 cm³/mol. The first kappa shape index (κ1) is 14.4. The number of carboxylic acid groups (broad SMARTS) is 1. The number of aliphatic carboxylic acids is 1. The maximum atomic E-state index is 13.6. The summed E-state index contributed by atoms with van der Waals surface area (Å²) in [7, 11) is 1.31. The van der Waals surface area contributed by atoms with Gasteiger partial charge in [-0.05, 0) is 12.1 Å². The van der Waals surface area contributed by atoms with Crippen LogP contribution in [0.25, 0.3) is 0 Å². The lowest BCUT2D eigenvalue weighted by atomic mass is 10.0. The fourth-order valence-electron chi connectivity index (χ4n) is 2.19. The van der Waals surface area contributed by atoms with Gasteiger partial charge in [0.15, 0.2) is 0 Å². The van der Waals surface area contributed by atoms with Gasteiger partial charge in [-0.15, -0.1) is 0 Å². The Labute approximate surface area is 113 Å². The van der Waals surface area contributed by atoms with Gasteiger partial charge < -0.3 is 14.7 Å². The Morgan fingerprint density at radius 3 is 2.45 bits per heavy atom. The zero-order valence-corrected chi connectivity index (χ0v) is 10.7. The van der Waals surface area contributed by atoms with Crippen molar-refractivity contribution < 1.29 is 28.2 Å². The molecule has 1 N–H and O–H groups in total. The van der Waals surface area contributed by atoms with Crippen LogP contribution in [0.15, 0.2) is 18.2 Å². The van der Waals surface area contributed by atoms with Crippen molar-refractivity contribution in [1.82, 2.24) is 4.90 Å². The number of amides is 1. The van der Waals surface area contributed by atoms with Gasteiger partial charge in [-0.1, -0.05) is 6.07 Å². The molecule has 1 fully saturated rings. The lowest BCUT2D eigenvalue weighted by Gasteiger charge is -2.26. The first-order chi connectivity index (χ1) is 9.43. The minimum absolute atomic E-state index is 0.0231. The molecule has 2 rings (SSSR count). The SMILES string of the molecule is CN(C(=O)c1c(F)cccc1F)C1COCC1C(=O)O. The molecule has 1 heterocycles. The Hall–Kier alpha value is -2.02. The summed E-state index contributed by atoms with van der Waals surface area (Å²) >= 11 is 0. The second-order valence-electron chi connectivity index (χ2n) is 4.56. The van der Waals surface area contributed by atoms with Crippen LogP contribution in [0.5, 0.6) is 0 Å². The van der Waals surface area contributed by atoms with Crippen LogP contribution >= 0.6 is 0 Å². The summed E-state index contributed by atoms with van der Waals surface area (Å²) in [5.74, 6) is -4.87. The standard InChI is InChI=1S/C13H13F2NO4/c1-16(10-6-20-5-7(10)13(18)19)12(17)11-8(14)3-2-4-9(11)15/h2-4,7,10H,5-6H2,1H3,(H,18,19). The molecule has 5 nitrogen and oxygen atoms in total. The Kier molecular flexibility index (Phi) is 3.99. The van der Waals surface area contributed by atoms with Gasteiger partial charge in [0.05, 0.1) is 19.3 Å². The van der Waals surface area contributed by atoms with Gasteiger partial charge in [0, 0.05) is 7.05 Å².